The summed E-state index contributed by atoms with van der Waals surface area (Å²) in [5.41, 5.74) is 2.62. The zero-order valence-corrected chi connectivity index (χ0v) is 12.0. The van der Waals surface area contributed by atoms with Gasteiger partial charge >= 0.3 is 5.97 Å². The third kappa shape index (κ3) is 3.78. The van der Waals surface area contributed by atoms with Gasteiger partial charge in [-0.2, -0.15) is 0 Å². The zero-order chi connectivity index (χ0) is 14.5. The average molecular weight is 288 g/mol. The molecule has 0 bridgehead atoms. The van der Waals surface area contributed by atoms with Crippen LogP contribution in [0.25, 0.3) is 0 Å². The number of hydrogen-bond donors (Lipinski definition) is 1. The average Bonchev–Trinajstić information content (AvgIpc) is 2.40. The van der Waals surface area contributed by atoms with Crippen molar-refractivity contribution in [1.29, 1.82) is 0 Å². The first-order chi connectivity index (χ1) is 9.56. The van der Waals surface area contributed by atoms with Crippen molar-refractivity contribution in [1.82, 2.24) is 0 Å². The maximum Gasteiger partial charge on any atom is 0.307 e. The summed E-state index contributed by atoms with van der Waals surface area (Å²) in [6.45, 7) is 1.96. The molecule has 0 aromatic heterocycles. The predicted molar refractivity (Wildman–Crippen MR) is 79.1 cm³/mol. The Bertz CT molecular complexity index is 650. The molecular formula is C16H16O3S. The van der Waals surface area contributed by atoms with Gasteiger partial charge < -0.3 is 5.11 Å². The molecule has 0 saturated carbocycles. The summed E-state index contributed by atoms with van der Waals surface area (Å²) in [4.78, 5) is 11.6. The van der Waals surface area contributed by atoms with Gasteiger partial charge in [-0.05, 0) is 35.7 Å². The van der Waals surface area contributed by atoms with Crippen LogP contribution in [0.2, 0.25) is 0 Å². The van der Waals surface area contributed by atoms with E-state index in [4.69, 9.17) is 5.11 Å². The summed E-state index contributed by atoms with van der Waals surface area (Å²) < 4.78 is 12.4. The topological polar surface area (TPSA) is 54.4 Å². The Kier molecular flexibility index (Phi) is 4.69. The highest BCUT2D eigenvalue weighted by Gasteiger charge is 2.10. The SMILES string of the molecule is Cc1cccc(S(=O)Cc2ccccc2CC(=O)O)c1. The number of carboxylic acid groups (broad SMARTS) is 1. The van der Waals surface area contributed by atoms with E-state index in [-0.39, 0.29) is 6.42 Å². The lowest BCUT2D eigenvalue weighted by Gasteiger charge is -2.08. The zero-order valence-electron chi connectivity index (χ0n) is 11.2. The molecule has 0 saturated heterocycles. The Labute approximate surface area is 120 Å². The molecule has 0 heterocycles. The van der Waals surface area contributed by atoms with Crippen LogP contribution < -0.4 is 0 Å². The molecule has 0 aliphatic rings. The van der Waals surface area contributed by atoms with Crippen molar-refractivity contribution in [3.8, 4) is 0 Å². The van der Waals surface area contributed by atoms with Gasteiger partial charge in [-0.25, -0.2) is 0 Å². The number of aryl methyl sites for hydroxylation is 1. The first-order valence-electron chi connectivity index (χ1n) is 6.30. The van der Waals surface area contributed by atoms with Crippen LogP contribution in [-0.4, -0.2) is 15.3 Å². The van der Waals surface area contributed by atoms with Crippen LogP contribution in [0.4, 0.5) is 0 Å². The minimum absolute atomic E-state index is 0.0405. The highest BCUT2D eigenvalue weighted by molar-refractivity contribution is 7.84. The molecule has 0 fully saturated rings. The second kappa shape index (κ2) is 6.48. The van der Waals surface area contributed by atoms with E-state index in [1.54, 1.807) is 12.1 Å². The Morgan fingerprint density at radius 1 is 1.10 bits per heavy atom. The molecule has 1 unspecified atom stereocenters. The number of carbonyl (C=O) groups is 1. The van der Waals surface area contributed by atoms with Crippen molar-refractivity contribution in [2.45, 2.75) is 24.0 Å². The van der Waals surface area contributed by atoms with Gasteiger partial charge in [0, 0.05) is 4.90 Å². The van der Waals surface area contributed by atoms with E-state index in [0.29, 0.717) is 5.75 Å². The van der Waals surface area contributed by atoms with Gasteiger partial charge in [-0.15, -0.1) is 0 Å². The standard InChI is InChI=1S/C16H16O3S/c1-12-5-4-8-15(9-12)20(19)11-14-7-3-2-6-13(14)10-16(17)18/h2-9H,10-11H2,1H3,(H,17,18). The lowest BCUT2D eigenvalue weighted by atomic mass is 10.1. The fourth-order valence-electron chi connectivity index (χ4n) is 2.02. The molecule has 104 valence electrons. The molecule has 0 aliphatic heterocycles. The monoisotopic (exact) mass is 288 g/mol. The summed E-state index contributed by atoms with van der Waals surface area (Å²) in [5.74, 6) is -0.536. The van der Waals surface area contributed by atoms with Gasteiger partial charge in [0.15, 0.2) is 0 Å². The lowest BCUT2D eigenvalue weighted by Crippen LogP contribution is -2.05. The molecule has 3 nitrogen and oxygen atoms in total. The Hall–Kier alpha value is -1.94. The van der Waals surface area contributed by atoms with E-state index < -0.39 is 16.8 Å². The molecule has 2 aromatic carbocycles. The molecule has 0 amide bonds. The molecule has 1 N–H and O–H groups in total. The second-order valence-corrected chi connectivity index (χ2v) is 6.10. The van der Waals surface area contributed by atoms with Crippen LogP contribution in [0.1, 0.15) is 16.7 Å². The smallest absolute Gasteiger partial charge is 0.307 e. The summed E-state index contributed by atoms with van der Waals surface area (Å²) in [6, 6.07) is 14.8. The maximum atomic E-state index is 12.4. The predicted octanol–water partition coefficient (Wildman–Crippen LogP) is 2.93. The van der Waals surface area contributed by atoms with Gasteiger partial charge in [-0.1, -0.05) is 36.4 Å². The summed E-state index contributed by atoms with van der Waals surface area (Å²) in [6.07, 6.45) is -0.0405. The van der Waals surface area contributed by atoms with Crippen molar-refractivity contribution in [3.05, 3.63) is 65.2 Å². The highest BCUT2D eigenvalue weighted by Crippen LogP contribution is 2.17. The van der Waals surface area contributed by atoms with Gasteiger partial charge in [-0.3, -0.25) is 9.00 Å². The molecule has 20 heavy (non-hydrogen) atoms. The molecule has 2 rings (SSSR count). The van der Waals surface area contributed by atoms with Crippen molar-refractivity contribution in [2.24, 2.45) is 0 Å². The van der Waals surface area contributed by atoms with E-state index in [1.807, 2.05) is 43.3 Å². The molecule has 2 aromatic rings. The molecule has 0 radical (unpaired) electrons. The maximum absolute atomic E-state index is 12.4. The third-order valence-corrected chi connectivity index (χ3v) is 4.35. The summed E-state index contributed by atoms with van der Waals surface area (Å²) in [7, 11) is -1.16. The Balaban J connectivity index is 2.21. The van der Waals surface area contributed by atoms with E-state index in [2.05, 4.69) is 0 Å². The van der Waals surface area contributed by atoms with Crippen molar-refractivity contribution >= 4 is 16.8 Å². The van der Waals surface area contributed by atoms with Gasteiger partial charge in [0.2, 0.25) is 0 Å². The molecule has 1 atom stereocenters. The third-order valence-electron chi connectivity index (χ3n) is 3.00. The van der Waals surface area contributed by atoms with Gasteiger partial charge in [0.05, 0.1) is 23.0 Å². The van der Waals surface area contributed by atoms with Crippen LogP contribution in [0.5, 0.6) is 0 Å². The van der Waals surface area contributed by atoms with Crippen molar-refractivity contribution in [2.75, 3.05) is 0 Å². The number of rotatable bonds is 5. The quantitative estimate of drug-likeness (QED) is 0.920. The number of aliphatic carboxylic acids is 1. The minimum atomic E-state index is -1.16. The van der Waals surface area contributed by atoms with Crippen LogP contribution in [0.3, 0.4) is 0 Å². The van der Waals surface area contributed by atoms with Crippen LogP contribution in [-0.2, 0) is 27.8 Å². The lowest BCUT2D eigenvalue weighted by molar-refractivity contribution is -0.136. The van der Waals surface area contributed by atoms with Crippen LogP contribution >= 0.6 is 0 Å². The first kappa shape index (κ1) is 14.5. The Morgan fingerprint density at radius 3 is 2.45 bits per heavy atom. The van der Waals surface area contributed by atoms with Gasteiger partial charge in [0.25, 0.3) is 0 Å². The van der Waals surface area contributed by atoms with E-state index in [1.165, 1.54) is 0 Å². The number of carboxylic acids is 1. The highest BCUT2D eigenvalue weighted by atomic mass is 32.2. The largest absolute Gasteiger partial charge is 0.481 e. The van der Waals surface area contributed by atoms with Crippen molar-refractivity contribution < 1.29 is 14.1 Å². The Morgan fingerprint density at radius 2 is 1.80 bits per heavy atom. The number of benzene rings is 2. The summed E-state index contributed by atoms with van der Waals surface area (Å²) in [5, 5.41) is 8.90. The van der Waals surface area contributed by atoms with Crippen LogP contribution in [0, 0.1) is 6.92 Å². The minimum Gasteiger partial charge on any atom is -0.481 e. The van der Waals surface area contributed by atoms with Gasteiger partial charge in [0.1, 0.15) is 0 Å². The molecule has 4 heteroatoms. The first-order valence-corrected chi connectivity index (χ1v) is 7.62. The second-order valence-electron chi connectivity index (χ2n) is 4.65. The summed E-state index contributed by atoms with van der Waals surface area (Å²) >= 11 is 0. The van der Waals surface area contributed by atoms with E-state index >= 15 is 0 Å². The van der Waals surface area contributed by atoms with Crippen molar-refractivity contribution in [3.63, 3.8) is 0 Å². The fourth-order valence-corrected chi connectivity index (χ4v) is 3.29. The van der Waals surface area contributed by atoms with E-state index in [9.17, 15) is 9.00 Å². The van der Waals surface area contributed by atoms with Crippen LogP contribution in [0.15, 0.2) is 53.4 Å². The molecule has 0 aliphatic carbocycles. The molecular weight excluding hydrogens is 272 g/mol. The normalized spacial score (nSPS) is 12.1. The van der Waals surface area contributed by atoms with E-state index in [0.717, 1.165) is 21.6 Å². The number of hydrogen-bond acceptors (Lipinski definition) is 2. The fraction of sp³-hybridized carbons (Fsp3) is 0.188. The molecule has 0 spiro atoms.